The zero-order valence-electron chi connectivity index (χ0n) is 10.0. The monoisotopic (exact) mass is 212 g/mol. The third kappa shape index (κ3) is 3.82. The van der Waals surface area contributed by atoms with Gasteiger partial charge in [0.15, 0.2) is 0 Å². The summed E-state index contributed by atoms with van der Waals surface area (Å²) in [6, 6.07) is 0.531. The highest BCUT2D eigenvalue weighted by molar-refractivity contribution is 5.79. The largest absolute Gasteiger partial charge is 0.339 e. The zero-order valence-corrected chi connectivity index (χ0v) is 10.0. The molecule has 3 heteroatoms. The lowest BCUT2D eigenvalue weighted by molar-refractivity contribution is -0.135. The molecular weight excluding hydrogens is 188 g/mol. The summed E-state index contributed by atoms with van der Waals surface area (Å²) in [5.74, 6) is 0.529. The topological polar surface area (TPSA) is 46.3 Å². The Morgan fingerprint density at radius 2 is 2.20 bits per heavy atom. The molecule has 0 aromatic carbocycles. The van der Waals surface area contributed by atoms with Gasteiger partial charge in [-0.1, -0.05) is 20.3 Å². The van der Waals surface area contributed by atoms with Crippen LogP contribution in [0.4, 0.5) is 0 Å². The lowest BCUT2D eigenvalue weighted by Gasteiger charge is -2.25. The summed E-state index contributed by atoms with van der Waals surface area (Å²) in [5.41, 5.74) is 5.49. The summed E-state index contributed by atoms with van der Waals surface area (Å²) < 4.78 is 0. The fraction of sp³-hybridized carbons (Fsp3) is 0.917. The van der Waals surface area contributed by atoms with Gasteiger partial charge in [0.1, 0.15) is 0 Å². The second-order valence-corrected chi connectivity index (χ2v) is 4.59. The van der Waals surface area contributed by atoms with E-state index in [2.05, 4.69) is 11.8 Å². The van der Waals surface area contributed by atoms with Gasteiger partial charge in [-0.25, -0.2) is 0 Å². The zero-order chi connectivity index (χ0) is 11.3. The molecule has 0 spiro atoms. The molecule has 2 N–H and O–H groups in total. The number of carbonyl (C=O) groups is 1. The van der Waals surface area contributed by atoms with E-state index in [4.69, 9.17) is 5.73 Å². The standard InChI is InChI=1S/C12H24N2O/c1-3-5-10(2)12(15)14(9-4-8-13)11-6-7-11/h10-11H,3-9,13H2,1-2H3. The molecule has 0 radical (unpaired) electrons. The second-order valence-electron chi connectivity index (χ2n) is 4.59. The van der Waals surface area contributed by atoms with Crippen molar-refractivity contribution in [2.45, 2.75) is 52.0 Å². The van der Waals surface area contributed by atoms with Gasteiger partial charge in [0, 0.05) is 18.5 Å². The minimum absolute atomic E-state index is 0.188. The Kier molecular flexibility index (Phi) is 5.09. The molecule has 1 aliphatic rings. The predicted octanol–water partition coefficient (Wildman–Crippen LogP) is 1.76. The molecule has 1 atom stereocenters. The Morgan fingerprint density at radius 3 is 2.67 bits per heavy atom. The van der Waals surface area contributed by atoms with E-state index < -0.39 is 0 Å². The van der Waals surface area contributed by atoms with Crippen molar-refractivity contribution < 1.29 is 4.79 Å². The van der Waals surface area contributed by atoms with Gasteiger partial charge in [-0.05, 0) is 32.2 Å². The molecule has 0 aliphatic heterocycles. The van der Waals surface area contributed by atoms with Crippen LogP contribution in [0.5, 0.6) is 0 Å². The Labute approximate surface area is 93.0 Å². The summed E-state index contributed by atoms with van der Waals surface area (Å²) in [4.78, 5) is 14.2. The Hall–Kier alpha value is -0.570. The normalized spacial score (nSPS) is 17.5. The first-order valence-corrected chi connectivity index (χ1v) is 6.21. The number of nitrogens with two attached hydrogens (primary N) is 1. The van der Waals surface area contributed by atoms with Gasteiger partial charge in [-0.15, -0.1) is 0 Å². The van der Waals surface area contributed by atoms with Crippen LogP contribution in [0.1, 0.15) is 46.0 Å². The molecule has 15 heavy (non-hydrogen) atoms. The number of nitrogens with zero attached hydrogens (tertiary/aromatic N) is 1. The SMILES string of the molecule is CCCC(C)C(=O)N(CCCN)C1CC1. The number of rotatable bonds is 7. The first-order valence-electron chi connectivity index (χ1n) is 6.21. The molecule has 1 aliphatic carbocycles. The number of hydrogen-bond donors (Lipinski definition) is 1. The summed E-state index contributed by atoms with van der Waals surface area (Å²) in [6.07, 6.45) is 5.40. The van der Waals surface area contributed by atoms with Crippen molar-refractivity contribution in [3.8, 4) is 0 Å². The van der Waals surface area contributed by atoms with E-state index in [1.165, 1.54) is 12.8 Å². The van der Waals surface area contributed by atoms with E-state index in [0.29, 0.717) is 18.5 Å². The van der Waals surface area contributed by atoms with Crippen LogP contribution in [0.3, 0.4) is 0 Å². The molecule has 88 valence electrons. The minimum atomic E-state index is 0.188. The van der Waals surface area contributed by atoms with E-state index in [1.807, 2.05) is 6.92 Å². The molecule has 1 saturated carbocycles. The van der Waals surface area contributed by atoms with Gasteiger partial charge in [0.25, 0.3) is 0 Å². The van der Waals surface area contributed by atoms with Crippen molar-refractivity contribution in [1.82, 2.24) is 4.90 Å². The third-order valence-electron chi connectivity index (χ3n) is 3.02. The number of amides is 1. The highest BCUT2D eigenvalue weighted by Crippen LogP contribution is 2.28. The van der Waals surface area contributed by atoms with Gasteiger partial charge >= 0.3 is 0 Å². The van der Waals surface area contributed by atoms with E-state index >= 15 is 0 Å². The van der Waals surface area contributed by atoms with Gasteiger partial charge in [-0.3, -0.25) is 4.79 Å². The Balaban J connectivity index is 2.43. The van der Waals surface area contributed by atoms with E-state index in [-0.39, 0.29) is 5.92 Å². The molecule has 0 saturated heterocycles. The van der Waals surface area contributed by atoms with Crippen molar-refractivity contribution in [3.63, 3.8) is 0 Å². The maximum Gasteiger partial charge on any atom is 0.225 e. The first kappa shape index (κ1) is 12.5. The molecule has 1 fully saturated rings. The second kappa shape index (κ2) is 6.11. The van der Waals surface area contributed by atoms with Gasteiger partial charge < -0.3 is 10.6 Å². The van der Waals surface area contributed by atoms with Crippen LogP contribution in [0.25, 0.3) is 0 Å². The molecule has 3 nitrogen and oxygen atoms in total. The van der Waals surface area contributed by atoms with Crippen molar-refractivity contribution >= 4 is 5.91 Å². The average Bonchev–Trinajstić information content (AvgIpc) is 3.02. The molecule has 1 rings (SSSR count). The van der Waals surface area contributed by atoms with Crippen molar-refractivity contribution in [2.24, 2.45) is 11.7 Å². The smallest absolute Gasteiger partial charge is 0.225 e. The first-order chi connectivity index (χ1) is 7.20. The third-order valence-corrected chi connectivity index (χ3v) is 3.02. The lowest BCUT2D eigenvalue weighted by atomic mass is 10.0. The van der Waals surface area contributed by atoms with Crippen molar-refractivity contribution in [2.75, 3.05) is 13.1 Å². The van der Waals surface area contributed by atoms with E-state index in [1.54, 1.807) is 0 Å². The maximum atomic E-state index is 12.1. The van der Waals surface area contributed by atoms with Crippen LogP contribution in [0.15, 0.2) is 0 Å². The molecule has 1 unspecified atom stereocenters. The summed E-state index contributed by atoms with van der Waals surface area (Å²) >= 11 is 0. The maximum absolute atomic E-state index is 12.1. The highest BCUT2D eigenvalue weighted by Gasteiger charge is 2.33. The fourth-order valence-corrected chi connectivity index (χ4v) is 1.96. The quantitative estimate of drug-likeness (QED) is 0.699. The number of hydrogen-bond acceptors (Lipinski definition) is 2. The van der Waals surface area contributed by atoms with Gasteiger partial charge in [-0.2, -0.15) is 0 Å². The van der Waals surface area contributed by atoms with Crippen molar-refractivity contribution in [3.05, 3.63) is 0 Å². The van der Waals surface area contributed by atoms with Gasteiger partial charge in [0.2, 0.25) is 5.91 Å². The molecular formula is C12H24N2O. The summed E-state index contributed by atoms with van der Waals surface area (Å²) in [6.45, 7) is 5.71. The van der Waals surface area contributed by atoms with E-state index in [9.17, 15) is 4.79 Å². The number of carbonyl (C=O) groups excluding carboxylic acids is 1. The minimum Gasteiger partial charge on any atom is -0.339 e. The van der Waals surface area contributed by atoms with Crippen LogP contribution in [0, 0.1) is 5.92 Å². The Bertz CT molecular complexity index is 202. The van der Waals surface area contributed by atoms with Crippen LogP contribution >= 0.6 is 0 Å². The van der Waals surface area contributed by atoms with Crippen LogP contribution < -0.4 is 5.73 Å². The predicted molar refractivity (Wildman–Crippen MR) is 62.5 cm³/mol. The average molecular weight is 212 g/mol. The van der Waals surface area contributed by atoms with Gasteiger partial charge in [0.05, 0.1) is 0 Å². The molecule has 1 amide bonds. The molecule has 0 heterocycles. The molecule has 0 bridgehead atoms. The van der Waals surface area contributed by atoms with Crippen LogP contribution in [0.2, 0.25) is 0 Å². The van der Waals surface area contributed by atoms with Crippen molar-refractivity contribution in [1.29, 1.82) is 0 Å². The fourth-order valence-electron chi connectivity index (χ4n) is 1.96. The van der Waals surface area contributed by atoms with Crippen LogP contribution in [-0.4, -0.2) is 29.9 Å². The molecule has 0 aromatic rings. The summed E-state index contributed by atoms with van der Waals surface area (Å²) in [7, 11) is 0. The Morgan fingerprint density at radius 1 is 1.53 bits per heavy atom. The van der Waals surface area contributed by atoms with E-state index in [0.717, 1.165) is 25.8 Å². The highest BCUT2D eigenvalue weighted by atomic mass is 16.2. The molecule has 0 aromatic heterocycles. The summed E-state index contributed by atoms with van der Waals surface area (Å²) in [5, 5.41) is 0. The van der Waals surface area contributed by atoms with Crippen LogP contribution in [-0.2, 0) is 4.79 Å². The lowest BCUT2D eigenvalue weighted by Crippen LogP contribution is -2.38.